The number of carbonyl (C=O) groups is 2. The average Bonchev–Trinajstić information content (AvgIpc) is 1.87. The molecule has 0 bridgehead atoms. The first-order valence-electron chi connectivity index (χ1n) is 3.36. The zero-order chi connectivity index (χ0) is 8.69. The van der Waals surface area contributed by atoms with E-state index in [0.29, 0.717) is 20.7 Å². The molecule has 2 nitrogen and oxygen atoms in total. The zero-order valence-corrected chi connectivity index (χ0v) is 10.3. The largest absolute Gasteiger partial charge is 0.303 e. The van der Waals surface area contributed by atoms with Crippen LogP contribution in [-0.4, -0.2) is 20.4 Å². The number of hydrogen-bond acceptors (Lipinski definition) is 2. The molecule has 0 spiro atoms. The topological polar surface area (TPSA) is 34.1 Å². The first-order chi connectivity index (χ1) is 5.20. The fourth-order valence-corrected chi connectivity index (χ4v) is 3.29. The van der Waals surface area contributed by atoms with Gasteiger partial charge in [-0.05, 0) is 6.42 Å². The smallest absolute Gasteiger partial charge is 0.121 e. The number of halogens is 2. The Balaban J connectivity index is 3.46. The van der Waals surface area contributed by atoms with E-state index in [2.05, 4.69) is 45.2 Å². The van der Waals surface area contributed by atoms with Crippen LogP contribution in [0.2, 0.25) is 0 Å². The molecule has 0 saturated heterocycles. The summed E-state index contributed by atoms with van der Waals surface area (Å²) in [6.07, 6.45) is 4.00. The van der Waals surface area contributed by atoms with Crippen LogP contribution in [0.4, 0.5) is 0 Å². The van der Waals surface area contributed by atoms with Gasteiger partial charge in [-0.25, -0.2) is 0 Å². The van der Waals surface area contributed by atoms with Crippen molar-refractivity contribution in [1.29, 1.82) is 0 Å². The van der Waals surface area contributed by atoms with Crippen LogP contribution in [0, 0.1) is 0 Å². The highest BCUT2D eigenvalue weighted by Crippen LogP contribution is 2.18. The molecule has 2 atom stereocenters. The second-order valence-electron chi connectivity index (χ2n) is 2.24. The fourth-order valence-electron chi connectivity index (χ4n) is 0.679. The van der Waals surface area contributed by atoms with Crippen molar-refractivity contribution in [2.75, 3.05) is 0 Å². The first-order valence-corrected chi connectivity index (χ1v) is 5.85. The number of carbonyl (C=O) groups excluding carboxylic acids is 2. The number of aldehydes is 2. The van der Waals surface area contributed by atoms with Gasteiger partial charge in [0.1, 0.15) is 12.6 Å². The highest BCUT2D eigenvalue weighted by atomic mass is 127. The van der Waals surface area contributed by atoms with Crippen LogP contribution in [0.3, 0.4) is 0 Å². The van der Waals surface area contributed by atoms with Crippen molar-refractivity contribution in [2.24, 2.45) is 0 Å². The first kappa shape index (κ1) is 11.8. The second-order valence-corrected chi connectivity index (χ2v) is 5.76. The van der Waals surface area contributed by atoms with Crippen LogP contribution in [-0.2, 0) is 9.59 Å². The van der Waals surface area contributed by atoms with Gasteiger partial charge in [-0.1, -0.05) is 45.2 Å². The van der Waals surface area contributed by atoms with E-state index in [4.69, 9.17) is 0 Å². The lowest BCUT2D eigenvalue weighted by atomic mass is 10.2. The number of hydrogen-bond donors (Lipinski definition) is 0. The van der Waals surface area contributed by atoms with Gasteiger partial charge in [0.05, 0.1) is 0 Å². The predicted molar refractivity (Wildman–Crippen MR) is 61.6 cm³/mol. The van der Waals surface area contributed by atoms with E-state index in [1.807, 2.05) is 0 Å². The summed E-state index contributed by atoms with van der Waals surface area (Å²) in [4.78, 5) is 20.2. The molecule has 4 heteroatoms. The molecule has 0 rings (SSSR count). The van der Waals surface area contributed by atoms with Crippen molar-refractivity contribution < 1.29 is 9.59 Å². The summed E-state index contributed by atoms with van der Waals surface area (Å²) in [5, 5.41) is 0. The van der Waals surface area contributed by atoms with E-state index in [-0.39, 0.29) is 0 Å². The van der Waals surface area contributed by atoms with E-state index in [9.17, 15) is 9.59 Å². The molecule has 0 aromatic carbocycles. The third-order valence-corrected chi connectivity index (χ3v) is 3.25. The van der Waals surface area contributed by atoms with Gasteiger partial charge < -0.3 is 9.59 Å². The molecular weight excluding hydrogens is 370 g/mol. The number of alkyl halides is 2. The number of rotatable bonds is 6. The lowest BCUT2D eigenvalue weighted by Crippen LogP contribution is -2.08. The molecule has 0 aliphatic heterocycles. The molecule has 0 saturated carbocycles. The van der Waals surface area contributed by atoms with Gasteiger partial charge in [0, 0.05) is 20.7 Å². The van der Waals surface area contributed by atoms with E-state index in [0.717, 1.165) is 19.0 Å². The molecule has 0 heterocycles. The summed E-state index contributed by atoms with van der Waals surface area (Å²) in [7, 11) is 0. The van der Waals surface area contributed by atoms with Crippen LogP contribution >= 0.6 is 45.2 Å². The van der Waals surface area contributed by atoms with Crippen molar-refractivity contribution in [3.63, 3.8) is 0 Å². The van der Waals surface area contributed by atoms with Crippen molar-refractivity contribution in [2.45, 2.75) is 27.1 Å². The Morgan fingerprint density at radius 3 is 1.64 bits per heavy atom. The van der Waals surface area contributed by atoms with Gasteiger partial charge in [-0.15, -0.1) is 0 Å². The summed E-state index contributed by atoms with van der Waals surface area (Å²) >= 11 is 4.49. The van der Waals surface area contributed by atoms with Gasteiger partial charge >= 0.3 is 0 Å². The van der Waals surface area contributed by atoms with Gasteiger partial charge in [0.2, 0.25) is 0 Å². The highest BCUT2D eigenvalue weighted by Gasteiger charge is 2.09. The van der Waals surface area contributed by atoms with E-state index >= 15 is 0 Å². The van der Waals surface area contributed by atoms with Gasteiger partial charge in [0.25, 0.3) is 0 Å². The van der Waals surface area contributed by atoms with Crippen molar-refractivity contribution in [3.05, 3.63) is 0 Å². The molecule has 64 valence electrons. The van der Waals surface area contributed by atoms with Crippen molar-refractivity contribution in [3.8, 4) is 0 Å². The van der Waals surface area contributed by atoms with Crippen molar-refractivity contribution in [1.82, 2.24) is 0 Å². The van der Waals surface area contributed by atoms with E-state index in [1.165, 1.54) is 0 Å². The third kappa shape index (κ3) is 7.17. The predicted octanol–water partition coefficient (Wildman–Crippen LogP) is 2.16. The second kappa shape index (κ2) is 7.45. The maximum absolute atomic E-state index is 10.1. The van der Waals surface area contributed by atoms with Crippen LogP contribution in [0.15, 0.2) is 0 Å². The minimum atomic E-state index is 0.381. The van der Waals surface area contributed by atoms with E-state index < -0.39 is 0 Å². The Morgan fingerprint density at radius 1 is 1.00 bits per heavy atom. The summed E-state index contributed by atoms with van der Waals surface area (Å²) in [6, 6.07) is 0. The molecule has 2 unspecified atom stereocenters. The van der Waals surface area contributed by atoms with Crippen LogP contribution in [0.5, 0.6) is 0 Å². The molecule has 0 aliphatic rings. The summed E-state index contributed by atoms with van der Waals surface area (Å²) in [6.45, 7) is 0. The fraction of sp³-hybridized carbons (Fsp3) is 0.714. The van der Waals surface area contributed by atoms with E-state index in [1.54, 1.807) is 0 Å². The monoisotopic (exact) mass is 380 g/mol. The molecule has 0 aliphatic carbocycles. The third-order valence-electron chi connectivity index (χ3n) is 1.22. The molecule has 0 aromatic rings. The normalized spacial score (nSPS) is 15.5. The molecule has 0 aromatic heterocycles. The highest BCUT2D eigenvalue weighted by molar-refractivity contribution is 14.1. The Kier molecular flexibility index (Phi) is 7.99. The minimum absolute atomic E-state index is 0.381. The molecule has 0 amide bonds. The lowest BCUT2D eigenvalue weighted by molar-refractivity contribution is -0.108. The zero-order valence-electron chi connectivity index (χ0n) is 6.00. The standard InChI is InChI=1S/C7H10I2O2/c8-6(1-3-10)5-7(9)2-4-11/h3-4,6-7H,1-2,5H2. The Bertz CT molecular complexity index is 114. The van der Waals surface area contributed by atoms with Gasteiger partial charge in [-0.3, -0.25) is 0 Å². The Hall–Kier alpha value is 0.800. The maximum atomic E-state index is 10.1. The molecule has 0 N–H and O–H groups in total. The SMILES string of the molecule is O=CCC(I)CC(I)CC=O. The maximum Gasteiger partial charge on any atom is 0.121 e. The molecular formula is C7H10I2O2. The minimum Gasteiger partial charge on any atom is -0.303 e. The average molecular weight is 380 g/mol. The van der Waals surface area contributed by atoms with Crippen LogP contribution < -0.4 is 0 Å². The summed E-state index contributed by atoms with van der Waals surface area (Å²) < 4.78 is 0.763. The summed E-state index contributed by atoms with van der Waals surface area (Å²) in [5.74, 6) is 0. The summed E-state index contributed by atoms with van der Waals surface area (Å²) in [5.41, 5.74) is 0. The molecule has 11 heavy (non-hydrogen) atoms. The molecule has 0 fully saturated rings. The van der Waals surface area contributed by atoms with Gasteiger partial charge in [0.15, 0.2) is 0 Å². The lowest BCUT2D eigenvalue weighted by Gasteiger charge is -2.08. The molecule has 0 radical (unpaired) electrons. The van der Waals surface area contributed by atoms with Crippen molar-refractivity contribution >= 4 is 57.8 Å². The van der Waals surface area contributed by atoms with Crippen LogP contribution in [0.1, 0.15) is 19.3 Å². The Labute approximate surface area is 93.8 Å². The van der Waals surface area contributed by atoms with Gasteiger partial charge in [-0.2, -0.15) is 0 Å². The Morgan fingerprint density at radius 2 is 1.36 bits per heavy atom. The van der Waals surface area contributed by atoms with Crippen LogP contribution in [0.25, 0.3) is 0 Å². The quantitative estimate of drug-likeness (QED) is 0.402.